The zero-order valence-electron chi connectivity index (χ0n) is 10.8. The third-order valence-electron chi connectivity index (χ3n) is 2.82. The van der Waals surface area contributed by atoms with Gasteiger partial charge in [-0.2, -0.15) is 0 Å². The largest absolute Gasteiger partial charge is 0.497 e. The molecule has 0 aromatic heterocycles. The Morgan fingerprint density at radius 2 is 1.80 bits per heavy atom. The number of halogens is 3. The Bertz CT molecular complexity index is 602. The highest BCUT2D eigenvalue weighted by Crippen LogP contribution is 2.27. The van der Waals surface area contributed by atoms with Crippen molar-refractivity contribution >= 4 is 11.6 Å². The summed E-state index contributed by atoms with van der Waals surface area (Å²) in [4.78, 5) is 0. The lowest BCUT2D eigenvalue weighted by atomic mass is 10.2. The minimum atomic E-state index is -0.639. The van der Waals surface area contributed by atoms with Crippen molar-refractivity contribution in [3.63, 3.8) is 0 Å². The first-order chi connectivity index (χ1) is 9.63. The van der Waals surface area contributed by atoms with Gasteiger partial charge in [-0.3, -0.25) is 0 Å². The van der Waals surface area contributed by atoms with Gasteiger partial charge in [0.15, 0.2) is 0 Å². The maximum atomic E-state index is 13.5. The normalized spacial score (nSPS) is 10.4. The van der Waals surface area contributed by atoms with Crippen LogP contribution in [0.3, 0.4) is 0 Å². The number of alkyl halides is 1. The third-order valence-corrected chi connectivity index (χ3v) is 3.10. The van der Waals surface area contributed by atoms with E-state index in [1.54, 1.807) is 25.3 Å². The standard InChI is InChI=1S/C15H13ClF2O2/c1-19-13-5-3-10(8-16)15(7-13)20-9-11-2-4-12(17)6-14(11)18/h2-7H,8-9H2,1H3. The molecular formula is C15H13ClF2O2. The minimum Gasteiger partial charge on any atom is -0.497 e. The zero-order valence-corrected chi connectivity index (χ0v) is 11.6. The molecule has 5 heteroatoms. The van der Waals surface area contributed by atoms with Gasteiger partial charge in [-0.25, -0.2) is 8.78 Å². The molecule has 0 saturated carbocycles. The van der Waals surface area contributed by atoms with E-state index in [2.05, 4.69) is 0 Å². The van der Waals surface area contributed by atoms with Crippen LogP contribution in [0.4, 0.5) is 8.78 Å². The molecule has 0 spiro atoms. The summed E-state index contributed by atoms with van der Waals surface area (Å²) < 4.78 is 37.0. The van der Waals surface area contributed by atoms with Crippen molar-refractivity contribution in [2.24, 2.45) is 0 Å². The molecule has 0 aliphatic heterocycles. The van der Waals surface area contributed by atoms with Crippen molar-refractivity contribution in [2.45, 2.75) is 12.5 Å². The smallest absolute Gasteiger partial charge is 0.132 e. The fourth-order valence-electron chi connectivity index (χ4n) is 1.70. The van der Waals surface area contributed by atoms with Gasteiger partial charge in [0.25, 0.3) is 0 Å². The van der Waals surface area contributed by atoms with Crippen LogP contribution in [0, 0.1) is 11.6 Å². The number of hydrogen-bond acceptors (Lipinski definition) is 2. The first kappa shape index (κ1) is 14.6. The molecule has 0 bridgehead atoms. The highest BCUT2D eigenvalue weighted by Gasteiger charge is 2.08. The number of hydrogen-bond donors (Lipinski definition) is 0. The van der Waals surface area contributed by atoms with Gasteiger partial charge in [-0.05, 0) is 18.2 Å². The number of rotatable bonds is 5. The van der Waals surface area contributed by atoms with Gasteiger partial charge < -0.3 is 9.47 Å². The second kappa shape index (κ2) is 6.57. The van der Waals surface area contributed by atoms with Crippen LogP contribution in [-0.4, -0.2) is 7.11 Å². The molecule has 2 aromatic rings. The molecule has 0 atom stereocenters. The monoisotopic (exact) mass is 298 g/mol. The Labute approximate surface area is 120 Å². The average molecular weight is 299 g/mol. The molecule has 0 N–H and O–H groups in total. The first-order valence-electron chi connectivity index (χ1n) is 5.93. The second-order valence-corrected chi connectivity index (χ2v) is 4.40. The molecule has 2 nitrogen and oxygen atoms in total. The Morgan fingerprint density at radius 1 is 1.05 bits per heavy atom. The van der Waals surface area contributed by atoms with E-state index in [-0.39, 0.29) is 18.1 Å². The summed E-state index contributed by atoms with van der Waals surface area (Å²) in [6.45, 7) is -0.0107. The van der Waals surface area contributed by atoms with E-state index in [0.29, 0.717) is 11.5 Å². The van der Waals surface area contributed by atoms with E-state index < -0.39 is 11.6 Å². The van der Waals surface area contributed by atoms with Crippen LogP contribution in [-0.2, 0) is 12.5 Å². The van der Waals surface area contributed by atoms with E-state index in [9.17, 15) is 8.78 Å². The molecular weight excluding hydrogens is 286 g/mol. The third kappa shape index (κ3) is 3.39. The SMILES string of the molecule is COc1ccc(CCl)c(OCc2ccc(F)cc2F)c1. The summed E-state index contributed by atoms with van der Waals surface area (Å²) in [6.07, 6.45) is 0. The van der Waals surface area contributed by atoms with E-state index in [1.807, 2.05) is 0 Å². The first-order valence-corrected chi connectivity index (χ1v) is 6.47. The van der Waals surface area contributed by atoms with E-state index in [1.165, 1.54) is 12.1 Å². The predicted molar refractivity (Wildman–Crippen MR) is 73.2 cm³/mol. The molecule has 2 aromatic carbocycles. The van der Waals surface area contributed by atoms with Gasteiger partial charge in [0, 0.05) is 23.3 Å². The van der Waals surface area contributed by atoms with Crippen LogP contribution in [0.25, 0.3) is 0 Å². The molecule has 0 fully saturated rings. The molecule has 0 amide bonds. The van der Waals surface area contributed by atoms with Crippen LogP contribution in [0.1, 0.15) is 11.1 Å². The lowest BCUT2D eigenvalue weighted by Gasteiger charge is -2.12. The molecule has 106 valence electrons. The van der Waals surface area contributed by atoms with Gasteiger partial charge in [-0.1, -0.05) is 6.07 Å². The highest BCUT2D eigenvalue weighted by molar-refractivity contribution is 6.17. The van der Waals surface area contributed by atoms with Crippen molar-refractivity contribution in [1.29, 1.82) is 0 Å². The average Bonchev–Trinajstić information content (AvgIpc) is 2.46. The van der Waals surface area contributed by atoms with Gasteiger partial charge in [-0.15, -0.1) is 11.6 Å². The maximum Gasteiger partial charge on any atom is 0.132 e. The van der Waals surface area contributed by atoms with Crippen molar-refractivity contribution < 1.29 is 18.3 Å². The van der Waals surface area contributed by atoms with Crippen molar-refractivity contribution in [3.8, 4) is 11.5 Å². The molecule has 0 radical (unpaired) electrons. The summed E-state index contributed by atoms with van der Waals surface area (Å²) in [5.74, 6) is 0.150. The van der Waals surface area contributed by atoms with Gasteiger partial charge >= 0.3 is 0 Å². The van der Waals surface area contributed by atoms with Crippen molar-refractivity contribution in [1.82, 2.24) is 0 Å². The molecule has 20 heavy (non-hydrogen) atoms. The summed E-state index contributed by atoms with van der Waals surface area (Å²) in [5, 5.41) is 0. The highest BCUT2D eigenvalue weighted by atomic mass is 35.5. The maximum absolute atomic E-state index is 13.5. The van der Waals surface area contributed by atoms with Crippen LogP contribution in [0.2, 0.25) is 0 Å². The summed E-state index contributed by atoms with van der Waals surface area (Å²) in [7, 11) is 1.54. The zero-order chi connectivity index (χ0) is 14.5. The Hall–Kier alpha value is -1.81. The van der Waals surface area contributed by atoms with Crippen LogP contribution in [0.5, 0.6) is 11.5 Å². The summed E-state index contributed by atoms with van der Waals surface area (Å²) in [6, 6.07) is 8.60. The van der Waals surface area contributed by atoms with E-state index in [4.69, 9.17) is 21.1 Å². The van der Waals surface area contributed by atoms with Crippen molar-refractivity contribution in [3.05, 3.63) is 59.2 Å². The molecule has 0 aliphatic rings. The van der Waals surface area contributed by atoms with Crippen molar-refractivity contribution in [2.75, 3.05) is 7.11 Å². The molecule has 2 rings (SSSR count). The summed E-state index contributed by atoms with van der Waals surface area (Å²) >= 11 is 5.82. The quantitative estimate of drug-likeness (QED) is 0.767. The number of ether oxygens (including phenoxy) is 2. The summed E-state index contributed by atoms with van der Waals surface area (Å²) in [5.41, 5.74) is 1.05. The fraction of sp³-hybridized carbons (Fsp3) is 0.200. The lowest BCUT2D eigenvalue weighted by Crippen LogP contribution is -2.01. The Balaban J connectivity index is 2.17. The molecule has 0 unspecified atom stereocenters. The molecule has 0 heterocycles. The predicted octanol–water partition coefficient (Wildman–Crippen LogP) is 4.29. The van der Waals surface area contributed by atoms with E-state index in [0.717, 1.165) is 11.6 Å². The van der Waals surface area contributed by atoms with Crippen LogP contribution < -0.4 is 9.47 Å². The van der Waals surface area contributed by atoms with E-state index >= 15 is 0 Å². The van der Waals surface area contributed by atoms with Gasteiger partial charge in [0.1, 0.15) is 29.7 Å². The van der Waals surface area contributed by atoms with Gasteiger partial charge in [0.05, 0.1) is 13.0 Å². The lowest BCUT2D eigenvalue weighted by molar-refractivity contribution is 0.295. The van der Waals surface area contributed by atoms with Crippen LogP contribution >= 0.6 is 11.6 Å². The minimum absolute atomic E-state index is 0.0107. The number of methoxy groups -OCH3 is 1. The molecule has 0 saturated heterocycles. The second-order valence-electron chi connectivity index (χ2n) is 4.13. The Kier molecular flexibility index (Phi) is 4.79. The topological polar surface area (TPSA) is 18.5 Å². The molecule has 0 aliphatic carbocycles. The van der Waals surface area contributed by atoms with Crippen LogP contribution in [0.15, 0.2) is 36.4 Å². The Morgan fingerprint density at radius 3 is 2.45 bits per heavy atom. The van der Waals surface area contributed by atoms with Gasteiger partial charge in [0.2, 0.25) is 0 Å². The fourth-order valence-corrected chi connectivity index (χ4v) is 1.92. The number of benzene rings is 2.